The molecule has 1 heterocycles. The van der Waals surface area contributed by atoms with Gasteiger partial charge in [-0.2, -0.15) is 18.3 Å². The van der Waals surface area contributed by atoms with Gasteiger partial charge in [0.1, 0.15) is 24.0 Å². The summed E-state index contributed by atoms with van der Waals surface area (Å²) in [6, 6.07) is 1.76. The van der Waals surface area contributed by atoms with Crippen molar-refractivity contribution in [1.29, 1.82) is 0 Å². The van der Waals surface area contributed by atoms with Gasteiger partial charge >= 0.3 is 6.18 Å². The Kier molecular flexibility index (Phi) is 3.49. The van der Waals surface area contributed by atoms with Gasteiger partial charge in [-0.3, -0.25) is 10.9 Å². The number of aromatic amines is 1. The van der Waals surface area contributed by atoms with Crippen molar-refractivity contribution >= 4 is 0 Å². The first kappa shape index (κ1) is 13.4. The highest BCUT2D eigenvalue weighted by atomic mass is 19.4. The van der Waals surface area contributed by atoms with E-state index in [0.717, 1.165) is 12.1 Å². The zero-order valence-corrected chi connectivity index (χ0v) is 9.37. The number of aromatic nitrogens is 3. The molecular weight excluding hydrogens is 266 g/mol. The summed E-state index contributed by atoms with van der Waals surface area (Å²) in [7, 11) is 0. The minimum Gasteiger partial charge on any atom is -0.270 e. The summed E-state index contributed by atoms with van der Waals surface area (Å²) in [5, 5.41) is 6.09. The van der Waals surface area contributed by atoms with Crippen molar-refractivity contribution in [2.45, 2.75) is 12.2 Å². The third-order valence-electron chi connectivity index (χ3n) is 2.51. The first-order chi connectivity index (χ1) is 8.93. The minimum atomic E-state index is -4.74. The molecule has 0 amide bonds. The van der Waals surface area contributed by atoms with E-state index in [1.165, 1.54) is 6.33 Å². The maximum Gasteiger partial charge on any atom is 0.419 e. The number of H-pyrrole nitrogens is 1. The molecule has 0 aliphatic carbocycles. The first-order valence-corrected chi connectivity index (χ1v) is 5.11. The molecule has 1 aromatic heterocycles. The number of hydrazine groups is 1. The van der Waals surface area contributed by atoms with E-state index in [9.17, 15) is 17.6 Å². The molecular formula is C10H9F4N5. The fraction of sp³-hybridized carbons (Fsp3) is 0.200. The summed E-state index contributed by atoms with van der Waals surface area (Å²) in [6.45, 7) is 0. The number of nitrogens with one attached hydrogen (secondary N) is 2. The smallest absolute Gasteiger partial charge is 0.270 e. The van der Waals surface area contributed by atoms with Gasteiger partial charge in [-0.15, -0.1) is 0 Å². The standard InChI is InChI=1S/C10H9F4N5/c11-7-3-5(1-2-6(7)10(12,13)14)8(18-15)9-16-4-17-19-9/h1-4,8,18H,15H2,(H,16,17,19). The average molecular weight is 275 g/mol. The lowest BCUT2D eigenvalue weighted by molar-refractivity contribution is -0.140. The van der Waals surface area contributed by atoms with E-state index in [-0.39, 0.29) is 11.4 Å². The lowest BCUT2D eigenvalue weighted by Crippen LogP contribution is -2.30. The molecule has 19 heavy (non-hydrogen) atoms. The topological polar surface area (TPSA) is 79.6 Å². The number of hydrogen-bond donors (Lipinski definition) is 3. The molecule has 2 aromatic rings. The largest absolute Gasteiger partial charge is 0.419 e. The molecule has 0 fully saturated rings. The molecule has 1 unspecified atom stereocenters. The number of alkyl halides is 3. The number of benzene rings is 1. The van der Waals surface area contributed by atoms with Crippen LogP contribution >= 0.6 is 0 Å². The molecule has 5 nitrogen and oxygen atoms in total. The van der Waals surface area contributed by atoms with Crippen LogP contribution in [-0.4, -0.2) is 15.2 Å². The van der Waals surface area contributed by atoms with Crippen LogP contribution in [0.25, 0.3) is 0 Å². The maximum absolute atomic E-state index is 13.4. The van der Waals surface area contributed by atoms with Gasteiger partial charge in [0, 0.05) is 0 Å². The monoisotopic (exact) mass is 275 g/mol. The molecule has 0 aliphatic heterocycles. The third kappa shape index (κ3) is 2.71. The number of nitrogens with two attached hydrogens (primary N) is 1. The summed E-state index contributed by atoms with van der Waals surface area (Å²) in [4.78, 5) is 3.81. The molecule has 1 aromatic carbocycles. The molecule has 0 saturated carbocycles. The Hall–Kier alpha value is -2.00. The van der Waals surface area contributed by atoms with Crippen molar-refractivity contribution in [1.82, 2.24) is 20.6 Å². The quantitative estimate of drug-likeness (QED) is 0.451. The van der Waals surface area contributed by atoms with Crippen LogP contribution in [0.5, 0.6) is 0 Å². The fourth-order valence-electron chi connectivity index (χ4n) is 1.63. The summed E-state index contributed by atoms with van der Waals surface area (Å²) >= 11 is 0. The molecule has 1 atom stereocenters. The van der Waals surface area contributed by atoms with Gasteiger partial charge in [-0.05, 0) is 17.7 Å². The molecule has 4 N–H and O–H groups in total. The van der Waals surface area contributed by atoms with Crippen LogP contribution in [0.1, 0.15) is 23.0 Å². The summed E-state index contributed by atoms with van der Waals surface area (Å²) in [5.74, 6) is 4.18. The SMILES string of the molecule is NNC(c1ccc(C(F)(F)F)c(F)c1)c1ncn[nH]1. The highest BCUT2D eigenvalue weighted by Gasteiger charge is 2.34. The van der Waals surface area contributed by atoms with E-state index in [1.807, 2.05) is 0 Å². The second kappa shape index (κ2) is 4.94. The van der Waals surface area contributed by atoms with Crippen molar-refractivity contribution in [3.8, 4) is 0 Å². The summed E-state index contributed by atoms with van der Waals surface area (Å²) in [6.07, 6.45) is -3.53. The molecule has 0 saturated heterocycles. The lowest BCUT2D eigenvalue weighted by atomic mass is 10.0. The van der Waals surface area contributed by atoms with Crippen LogP contribution in [0, 0.1) is 5.82 Å². The highest BCUT2D eigenvalue weighted by Crippen LogP contribution is 2.32. The van der Waals surface area contributed by atoms with Crippen molar-refractivity contribution in [3.05, 3.63) is 47.3 Å². The molecule has 2 rings (SSSR count). The number of nitrogens with zero attached hydrogens (tertiary/aromatic N) is 2. The van der Waals surface area contributed by atoms with Crippen molar-refractivity contribution in [2.24, 2.45) is 5.84 Å². The Morgan fingerprint density at radius 3 is 2.53 bits per heavy atom. The van der Waals surface area contributed by atoms with Crippen LogP contribution in [0.4, 0.5) is 17.6 Å². The Morgan fingerprint density at radius 2 is 2.05 bits per heavy atom. The molecule has 0 spiro atoms. The Bertz CT molecular complexity index is 552. The second-order valence-corrected chi connectivity index (χ2v) is 3.71. The fourth-order valence-corrected chi connectivity index (χ4v) is 1.63. The second-order valence-electron chi connectivity index (χ2n) is 3.71. The van der Waals surface area contributed by atoms with Gasteiger partial charge < -0.3 is 0 Å². The number of hydrogen-bond acceptors (Lipinski definition) is 4. The van der Waals surface area contributed by atoms with Crippen LogP contribution in [0.15, 0.2) is 24.5 Å². The molecule has 9 heteroatoms. The van der Waals surface area contributed by atoms with E-state index in [2.05, 4.69) is 20.6 Å². The maximum atomic E-state index is 13.4. The van der Waals surface area contributed by atoms with Crippen LogP contribution < -0.4 is 11.3 Å². The average Bonchev–Trinajstić information content (AvgIpc) is 2.82. The molecule has 0 aliphatic rings. The summed E-state index contributed by atoms with van der Waals surface area (Å²) in [5.41, 5.74) is 1.19. The minimum absolute atomic E-state index is 0.199. The van der Waals surface area contributed by atoms with E-state index in [1.54, 1.807) is 0 Å². The predicted molar refractivity (Wildman–Crippen MR) is 57.0 cm³/mol. The van der Waals surface area contributed by atoms with E-state index < -0.39 is 23.6 Å². The predicted octanol–water partition coefficient (Wildman–Crippen LogP) is 1.52. The molecule has 102 valence electrons. The third-order valence-corrected chi connectivity index (χ3v) is 2.51. The van der Waals surface area contributed by atoms with Crippen LogP contribution in [-0.2, 0) is 6.18 Å². The van der Waals surface area contributed by atoms with Crippen molar-refractivity contribution in [3.63, 3.8) is 0 Å². The Balaban J connectivity index is 2.39. The van der Waals surface area contributed by atoms with Crippen LogP contribution in [0.3, 0.4) is 0 Å². The number of rotatable bonds is 3. The molecule has 0 bridgehead atoms. The normalized spacial score (nSPS) is 13.5. The zero-order chi connectivity index (χ0) is 14.0. The van der Waals surface area contributed by atoms with E-state index in [4.69, 9.17) is 5.84 Å². The lowest BCUT2D eigenvalue weighted by Gasteiger charge is -2.15. The zero-order valence-electron chi connectivity index (χ0n) is 9.37. The van der Waals surface area contributed by atoms with Crippen molar-refractivity contribution < 1.29 is 17.6 Å². The molecule has 0 radical (unpaired) electrons. The van der Waals surface area contributed by atoms with Gasteiger partial charge in [0.2, 0.25) is 0 Å². The summed E-state index contributed by atoms with van der Waals surface area (Å²) < 4.78 is 50.7. The van der Waals surface area contributed by atoms with Gasteiger partial charge in [0.15, 0.2) is 0 Å². The number of halogens is 4. The van der Waals surface area contributed by atoms with Gasteiger partial charge in [0.25, 0.3) is 0 Å². The van der Waals surface area contributed by atoms with Crippen molar-refractivity contribution in [2.75, 3.05) is 0 Å². The van der Waals surface area contributed by atoms with Gasteiger partial charge in [-0.1, -0.05) is 6.07 Å². The van der Waals surface area contributed by atoms with E-state index >= 15 is 0 Å². The Morgan fingerprint density at radius 1 is 1.32 bits per heavy atom. The van der Waals surface area contributed by atoms with E-state index in [0.29, 0.717) is 6.07 Å². The van der Waals surface area contributed by atoms with Gasteiger partial charge in [0.05, 0.1) is 5.56 Å². The first-order valence-electron chi connectivity index (χ1n) is 5.11. The van der Waals surface area contributed by atoms with Crippen LogP contribution in [0.2, 0.25) is 0 Å². The highest BCUT2D eigenvalue weighted by molar-refractivity contribution is 5.31. The van der Waals surface area contributed by atoms with Gasteiger partial charge in [-0.25, -0.2) is 14.8 Å². The Labute approximate surface area is 104 Å².